The van der Waals surface area contributed by atoms with E-state index in [2.05, 4.69) is 20.2 Å². The molecule has 0 fully saturated rings. The van der Waals surface area contributed by atoms with E-state index in [1.165, 1.54) is 6.07 Å². The summed E-state index contributed by atoms with van der Waals surface area (Å²) in [4.78, 5) is 3.90. The van der Waals surface area contributed by atoms with Gasteiger partial charge in [-0.2, -0.15) is 4.98 Å². The number of aromatic nitrogens is 2. The van der Waals surface area contributed by atoms with E-state index in [1.54, 1.807) is 20.0 Å². The van der Waals surface area contributed by atoms with Crippen molar-refractivity contribution in [2.75, 3.05) is 7.05 Å². The van der Waals surface area contributed by atoms with E-state index in [1.807, 2.05) is 0 Å². The molecule has 0 bridgehead atoms. The summed E-state index contributed by atoms with van der Waals surface area (Å²) in [6, 6.07) is 3.00. The van der Waals surface area contributed by atoms with Crippen molar-refractivity contribution in [2.45, 2.75) is 25.1 Å². The van der Waals surface area contributed by atoms with Gasteiger partial charge in [-0.05, 0) is 19.2 Å². The van der Waals surface area contributed by atoms with E-state index in [4.69, 9.17) is 8.94 Å². The molecule has 0 aromatic carbocycles. The Hall–Kier alpha value is -1.71. The number of aryl methyl sites for hydroxylation is 1. The number of rotatable bonds is 6. The SMILES string of the molecule is CNCc1ccc(S(=O)(=O)NCc2noc(C)n2)o1. The maximum Gasteiger partial charge on any atom is 0.274 e. The Morgan fingerprint density at radius 1 is 1.32 bits per heavy atom. The van der Waals surface area contributed by atoms with E-state index in [-0.39, 0.29) is 17.5 Å². The van der Waals surface area contributed by atoms with Crippen LogP contribution >= 0.6 is 0 Å². The molecule has 0 unspecified atom stereocenters. The van der Waals surface area contributed by atoms with Crippen molar-refractivity contribution in [1.82, 2.24) is 20.2 Å². The molecular formula is C10H14N4O4S. The maximum absolute atomic E-state index is 11.9. The molecule has 2 aromatic heterocycles. The van der Waals surface area contributed by atoms with Gasteiger partial charge in [0, 0.05) is 6.92 Å². The van der Waals surface area contributed by atoms with Gasteiger partial charge in [-0.15, -0.1) is 0 Å². The Morgan fingerprint density at radius 2 is 2.11 bits per heavy atom. The predicted octanol–water partition coefficient (Wildman–Crippen LogP) is 0.169. The molecule has 0 spiro atoms. The summed E-state index contributed by atoms with van der Waals surface area (Å²) >= 11 is 0. The van der Waals surface area contributed by atoms with Crippen LogP contribution in [-0.4, -0.2) is 25.6 Å². The minimum Gasteiger partial charge on any atom is -0.447 e. The molecule has 0 saturated heterocycles. The first kappa shape index (κ1) is 13.7. The average molecular weight is 286 g/mol. The van der Waals surface area contributed by atoms with E-state index in [0.29, 0.717) is 18.2 Å². The van der Waals surface area contributed by atoms with Gasteiger partial charge in [0.1, 0.15) is 5.76 Å². The summed E-state index contributed by atoms with van der Waals surface area (Å²) in [6.07, 6.45) is 0. The van der Waals surface area contributed by atoms with Gasteiger partial charge in [0.05, 0.1) is 13.1 Å². The Labute approximate surface area is 110 Å². The van der Waals surface area contributed by atoms with Crippen molar-refractivity contribution in [1.29, 1.82) is 0 Å². The fraction of sp³-hybridized carbons (Fsp3) is 0.400. The van der Waals surface area contributed by atoms with Crippen LogP contribution in [0.3, 0.4) is 0 Å². The van der Waals surface area contributed by atoms with E-state index in [0.717, 1.165) is 0 Å². The summed E-state index contributed by atoms with van der Waals surface area (Å²) < 4.78 is 36.1. The highest BCUT2D eigenvalue weighted by molar-refractivity contribution is 7.89. The normalized spacial score (nSPS) is 11.9. The molecule has 2 aromatic rings. The highest BCUT2D eigenvalue weighted by atomic mass is 32.2. The topological polar surface area (TPSA) is 110 Å². The van der Waals surface area contributed by atoms with Gasteiger partial charge in [-0.25, -0.2) is 13.1 Å². The number of hydrogen-bond donors (Lipinski definition) is 2. The number of sulfonamides is 1. The molecule has 0 aliphatic rings. The molecule has 0 radical (unpaired) electrons. The average Bonchev–Trinajstić information content (AvgIpc) is 2.97. The molecule has 0 amide bonds. The zero-order valence-electron chi connectivity index (χ0n) is 10.5. The van der Waals surface area contributed by atoms with Crippen molar-refractivity contribution in [3.8, 4) is 0 Å². The van der Waals surface area contributed by atoms with Gasteiger partial charge in [-0.1, -0.05) is 5.16 Å². The molecule has 0 aliphatic heterocycles. The number of furan rings is 1. The summed E-state index contributed by atoms with van der Waals surface area (Å²) in [5.74, 6) is 1.19. The first-order chi connectivity index (χ1) is 9.01. The second-order valence-electron chi connectivity index (χ2n) is 3.81. The summed E-state index contributed by atoms with van der Waals surface area (Å²) in [5.41, 5.74) is 0. The minimum atomic E-state index is -3.71. The van der Waals surface area contributed by atoms with Crippen LogP contribution in [0.15, 0.2) is 26.2 Å². The van der Waals surface area contributed by atoms with E-state index in [9.17, 15) is 8.42 Å². The van der Waals surface area contributed by atoms with Gasteiger partial charge in [-0.3, -0.25) is 0 Å². The second-order valence-corrected chi connectivity index (χ2v) is 5.50. The summed E-state index contributed by atoms with van der Waals surface area (Å²) in [7, 11) is -1.97. The zero-order valence-corrected chi connectivity index (χ0v) is 11.3. The van der Waals surface area contributed by atoms with E-state index >= 15 is 0 Å². The van der Waals surface area contributed by atoms with Crippen molar-refractivity contribution in [2.24, 2.45) is 0 Å². The number of hydrogen-bond acceptors (Lipinski definition) is 7. The van der Waals surface area contributed by atoms with Crippen molar-refractivity contribution in [3.05, 3.63) is 29.6 Å². The second kappa shape index (κ2) is 5.51. The quantitative estimate of drug-likeness (QED) is 0.778. The van der Waals surface area contributed by atoms with Crippen LogP contribution in [0.25, 0.3) is 0 Å². The van der Waals surface area contributed by atoms with E-state index < -0.39 is 10.0 Å². The third kappa shape index (κ3) is 3.40. The van der Waals surface area contributed by atoms with Crippen molar-refractivity contribution >= 4 is 10.0 Å². The van der Waals surface area contributed by atoms with Crippen LogP contribution in [-0.2, 0) is 23.1 Å². The summed E-state index contributed by atoms with van der Waals surface area (Å²) in [6.45, 7) is 2.03. The molecule has 8 nitrogen and oxygen atoms in total. The molecule has 0 saturated carbocycles. The molecule has 2 N–H and O–H groups in total. The van der Waals surface area contributed by atoms with Crippen LogP contribution < -0.4 is 10.0 Å². The predicted molar refractivity (Wildman–Crippen MR) is 64.5 cm³/mol. The lowest BCUT2D eigenvalue weighted by molar-refractivity contribution is 0.386. The van der Waals surface area contributed by atoms with Gasteiger partial charge < -0.3 is 14.3 Å². The first-order valence-corrected chi connectivity index (χ1v) is 7.02. The Bertz CT molecular complexity index is 646. The monoisotopic (exact) mass is 286 g/mol. The molecule has 9 heteroatoms. The van der Waals surface area contributed by atoms with Crippen LogP contribution in [0.5, 0.6) is 0 Å². The third-order valence-corrected chi connectivity index (χ3v) is 3.52. The highest BCUT2D eigenvalue weighted by Crippen LogP contribution is 2.13. The van der Waals surface area contributed by atoms with Crippen LogP contribution in [0.4, 0.5) is 0 Å². The van der Waals surface area contributed by atoms with Gasteiger partial charge in [0.2, 0.25) is 11.0 Å². The van der Waals surface area contributed by atoms with Gasteiger partial charge in [0.15, 0.2) is 5.82 Å². The standard InChI is InChI=1S/C10H14N4O4S/c1-7-13-9(14-18-7)6-12-19(15,16)10-4-3-8(17-10)5-11-2/h3-4,11-12H,5-6H2,1-2H3. The Morgan fingerprint density at radius 3 is 2.74 bits per heavy atom. The Kier molecular flexibility index (Phi) is 3.98. The van der Waals surface area contributed by atoms with Crippen molar-refractivity contribution < 1.29 is 17.4 Å². The molecule has 19 heavy (non-hydrogen) atoms. The molecule has 2 heterocycles. The fourth-order valence-electron chi connectivity index (χ4n) is 1.42. The largest absolute Gasteiger partial charge is 0.447 e. The van der Waals surface area contributed by atoms with Crippen LogP contribution in [0, 0.1) is 6.92 Å². The smallest absolute Gasteiger partial charge is 0.274 e. The first-order valence-electron chi connectivity index (χ1n) is 5.53. The molecule has 0 atom stereocenters. The highest BCUT2D eigenvalue weighted by Gasteiger charge is 2.19. The van der Waals surface area contributed by atoms with Crippen LogP contribution in [0.2, 0.25) is 0 Å². The fourth-order valence-corrected chi connectivity index (χ4v) is 2.34. The molecular weight excluding hydrogens is 272 g/mol. The molecule has 0 aliphatic carbocycles. The van der Waals surface area contributed by atoms with Gasteiger partial charge >= 0.3 is 0 Å². The van der Waals surface area contributed by atoms with Crippen molar-refractivity contribution in [3.63, 3.8) is 0 Å². The Balaban J connectivity index is 2.04. The minimum absolute atomic E-state index is 0.0538. The maximum atomic E-state index is 11.9. The zero-order chi connectivity index (χ0) is 13.9. The molecule has 2 rings (SSSR count). The lowest BCUT2D eigenvalue weighted by Crippen LogP contribution is -2.23. The lowest BCUT2D eigenvalue weighted by atomic mass is 10.4. The third-order valence-electron chi connectivity index (χ3n) is 2.24. The number of nitrogens with zero attached hydrogens (tertiary/aromatic N) is 2. The molecule has 104 valence electrons. The van der Waals surface area contributed by atoms with Crippen LogP contribution in [0.1, 0.15) is 17.5 Å². The van der Waals surface area contributed by atoms with Gasteiger partial charge in [0.25, 0.3) is 10.0 Å². The number of nitrogens with one attached hydrogen (secondary N) is 2. The lowest BCUT2D eigenvalue weighted by Gasteiger charge is -2.01. The summed E-state index contributed by atoms with van der Waals surface area (Å²) in [5, 5.41) is 6.32.